The van der Waals surface area contributed by atoms with Crippen molar-refractivity contribution in [2.75, 3.05) is 18.8 Å². The van der Waals surface area contributed by atoms with Crippen molar-refractivity contribution in [2.45, 2.75) is 18.2 Å². The fourth-order valence-electron chi connectivity index (χ4n) is 1.10. The second-order valence-corrected chi connectivity index (χ2v) is 4.22. The molecule has 0 fully saturated rings. The Morgan fingerprint density at radius 3 is 2.93 bits per heavy atom. The Balaban J connectivity index is 2.18. The summed E-state index contributed by atoms with van der Waals surface area (Å²) < 4.78 is 12.8. The summed E-state index contributed by atoms with van der Waals surface area (Å²) in [6.45, 7) is 4.19. The molecule has 0 saturated heterocycles. The van der Waals surface area contributed by atoms with Crippen LogP contribution in [0.25, 0.3) is 0 Å². The molecule has 0 saturated carbocycles. The van der Waals surface area contributed by atoms with Gasteiger partial charge in [0.25, 0.3) is 0 Å². The van der Waals surface area contributed by atoms with Crippen molar-refractivity contribution < 1.29 is 4.39 Å². The quantitative estimate of drug-likeness (QED) is 0.576. The van der Waals surface area contributed by atoms with Gasteiger partial charge in [-0.1, -0.05) is 13.0 Å². The van der Waals surface area contributed by atoms with Gasteiger partial charge in [0.05, 0.1) is 0 Å². The third-order valence-corrected chi connectivity index (χ3v) is 2.77. The lowest BCUT2D eigenvalue weighted by atomic mass is 10.4. The van der Waals surface area contributed by atoms with Crippen LogP contribution < -0.4 is 5.32 Å². The highest BCUT2D eigenvalue weighted by molar-refractivity contribution is 7.99. The molecule has 0 radical (unpaired) electrons. The number of nitrogens with one attached hydrogen (secondary N) is 1. The van der Waals surface area contributed by atoms with Crippen LogP contribution in [0.4, 0.5) is 4.39 Å². The molecule has 1 aromatic carbocycles. The van der Waals surface area contributed by atoms with Gasteiger partial charge in [-0.25, -0.2) is 4.39 Å². The molecule has 0 aromatic heterocycles. The molecule has 0 spiro atoms. The monoisotopic (exact) mass is 213 g/mol. The minimum atomic E-state index is -0.156. The third-order valence-electron chi connectivity index (χ3n) is 1.77. The van der Waals surface area contributed by atoms with E-state index in [-0.39, 0.29) is 5.82 Å². The highest BCUT2D eigenvalue weighted by atomic mass is 32.2. The van der Waals surface area contributed by atoms with E-state index in [9.17, 15) is 4.39 Å². The lowest BCUT2D eigenvalue weighted by Gasteiger charge is -2.02. The van der Waals surface area contributed by atoms with Crippen LogP contribution in [0.3, 0.4) is 0 Å². The SMILES string of the molecule is CCCNCCSc1cccc(F)c1. The number of hydrogen-bond acceptors (Lipinski definition) is 2. The first-order valence-corrected chi connectivity index (χ1v) is 5.90. The van der Waals surface area contributed by atoms with Gasteiger partial charge in [0.2, 0.25) is 0 Å². The summed E-state index contributed by atoms with van der Waals surface area (Å²) in [4.78, 5) is 1.00. The first-order chi connectivity index (χ1) is 6.83. The molecule has 1 N–H and O–H groups in total. The van der Waals surface area contributed by atoms with Gasteiger partial charge in [-0.2, -0.15) is 0 Å². The van der Waals surface area contributed by atoms with Gasteiger partial charge in [0.15, 0.2) is 0 Å². The molecule has 0 aliphatic carbocycles. The zero-order valence-electron chi connectivity index (χ0n) is 8.42. The molecule has 0 aliphatic rings. The van der Waals surface area contributed by atoms with Gasteiger partial charge >= 0.3 is 0 Å². The molecule has 0 bridgehead atoms. The van der Waals surface area contributed by atoms with E-state index >= 15 is 0 Å². The average molecular weight is 213 g/mol. The molecular weight excluding hydrogens is 197 g/mol. The van der Waals surface area contributed by atoms with Crippen LogP contribution in [0.15, 0.2) is 29.2 Å². The maximum Gasteiger partial charge on any atom is 0.124 e. The van der Waals surface area contributed by atoms with Crippen molar-refractivity contribution in [3.8, 4) is 0 Å². The molecule has 1 nitrogen and oxygen atoms in total. The molecule has 0 atom stereocenters. The Labute approximate surface area is 89.1 Å². The summed E-state index contributed by atoms with van der Waals surface area (Å²) >= 11 is 1.68. The molecule has 0 amide bonds. The maximum absolute atomic E-state index is 12.8. The van der Waals surface area contributed by atoms with E-state index in [4.69, 9.17) is 0 Å². The van der Waals surface area contributed by atoms with Gasteiger partial charge in [-0.3, -0.25) is 0 Å². The van der Waals surface area contributed by atoms with E-state index in [2.05, 4.69) is 12.2 Å². The van der Waals surface area contributed by atoms with Crippen molar-refractivity contribution in [3.63, 3.8) is 0 Å². The molecule has 1 aromatic rings. The van der Waals surface area contributed by atoms with Crippen molar-refractivity contribution in [1.82, 2.24) is 5.32 Å². The van der Waals surface area contributed by atoms with Gasteiger partial charge in [-0.05, 0) is 31.2 Å². The van der Waals surface area contributed by atoms with Crippen LogP contribution in [0.2, 0.25) is 0 Å². The first-order valence-electron chi connectivity index (χ1n) is 4.92. The van der Waals surface area contributed by atoms with Crippen molar-refractivity contribution in [3.05, 3.63) is 30.1 Å². The Kier molecular flexibility index (Phi) is 5.64. The van der Waals surface area contributed by atoms with Crippen LogP contribution in [0, 0.1) is 5.82 Å². The fraction of sp³-hybridized carbons (Fsp3) is 0.455. The summed E-state index contributed by atoms with van der Waals surface area (Å²) in [6, 6.07) is 6.73. The van der Waals surface area contributed by atoms with Crippen molar-refractivity contribution in [1.29, 1.82) is 0 Å². The predicted octanol–water partition coefficient (Wildman–Crippen LogP) is 2.92. The third kappa shape index (κ3) is 4.63. The van der Waals surface area contributed by atoms with E-state index in [1.54, 1.807) is 23.9 Å². The normalized spacial score (nSPS) is 10.4. The molecule has 3 heteroatoms. The zero-order valence-corrected chi connectivity index (χ0v) is 9.24. The van der Waals surface area contributed by atoms with Crippen LogP contribution >= 0.6 is 11.8 Å². The predicted molar refractivity (Wildman–Crippen MR) is 60.3 cm³/mol. The molecule has 1 rings (SSSR count). The lowest BCUT2D eigenvalue weighted by Crippen LogP contribution is -2.17. The first kappa shape index (κ1) is 11.5. The Morgan fingerprint density at radius 2 is 2.21 bits per heavy atom. The number of halogens is 1. The van der Waals surface area contributed by atoms with Crippen LogP contribution in [0.1, 0.15) is 13.3 Å². The van der Waals surface area contributed by atoms with Gasteiger partial charge in [-0.15, -0.1) is 11.8 Å². The number of thioether (sulfide) groups is 1. The molecule has 0 unspecified atom stereocenters. The summed E-state index contributed by atoms with van der Waals surface area (Å²) in [6.07, 6.45) is 1.16. The Morgan fingerprint density at radius 1 is 1.36 bits per heavy atom. The largest absolute Gasteiger partial charge is 0.316 e. The van der Waals surface area contributed by atoms with E-state index in [1.807, 2.05) is 6.07 Å². The molecule has 14 heavy (non-hydrogen) atoms. The zero-order chi connectivity index (χ0) is 10.2. The topological polar surface area (TPSA) is 12.0 Å². The second-order valence-electron chi connectivity index (χ2n) is 3.06. The minimum Gasteiger partial charge on any atom is -0.316 e. The summed E-state index contributed by atoms with van der Waals surface area (Å²) in [7, 11) is 0. The van der Waals surface area contributed by atoms with Crippen LogP contribution in [0.5, 0.6) is 0 Å². The van der Waals surface area contributed by atoms with Crippen molar-refractivity contribution in [2.24, 2.45) is 0 Å². The number of rotatable bonds is 6. The summed E-state index contributed by atoms with van der Waals surface area (Å²) in [5, 5.41) is 3.31. The maximum atomic E-state index is 12.8. The van der Waals surface area contributed by atoms with E-state index in [1.165, 1.54) is 6.07 Å². The summed E-state index contributed by atoms with van der Waals surface area (Å²) in [5.74, 6) is 0.834. The molecule has 0 heterocycles. The molecule has 0 aliphatic heterocycles. The van der Waals surface area contributed by atoms with Crippen LogP contribution in [-0.4, -0.2) is 18.8 Å². The molecule has 78 valence electrons. The standard InChI is InChI=1S/C11H16FNS/c1-2-6-13-7-8-14-11-5-3-4-10(12)9-11/h3-5,9,13H,2,6-8H2,1H3. The Hall–Kier alpha value is -0.540. The Bertz CT molecular complexity index is 265. The van der Waals surface area contributed by atoms with Gasteiger partial charge in [0.1, 0.15) is 5.82 Å². The van der Waals surface area contributed by atoms with E-state index < -0.39 is 0 Å². The fourth-order valence-corrected chi connectivity index (χ4v) is 1.95. The summed E-state index contributed by atoms with van der Waals surface area (Å²) in [5.41, 5.74) is 0. The average Bonchev–Trinajstić information content (AvgIpc) is 2.18. The second kappa shape index (κ2) is 6.85. The van der Waals surface area contributed by atoms with Gasteiger partial charge < -0.3 is 5.32 Å². The highest BCUT2D eigenvalue weighted by Crippen LogP contribution is 2.17. The lowest BCUT2D eigenvalue weighted by molar-refractivity contribution is 0.624. The smallest absolute Gasteiger partial charge is 0.124 e. The molecular formula is C11H16FNS. The van der Waals surface area contributed by atoms with Crippen LogP contribution in [-0.2, 0) is 0 Å². The highest BCUT2D eigenvalue weighted by Gasteiger charge is 1.95. The number of hydrogen-bond donors (Lipinski definition) is 1. The van der Waals surface area contributed by atoms with E-state index in [0.717, 1.165) is 30.2 Å². The minimum absolute atomic E-state index is 0.156. The van der Waals surface area contributed by atoms with E-state index in [0.29, 0.717) is 0 Å². The van der Waals surface area contributed by atoms with Crippen molar-refractivity contribution >= 4 is 11.8 Å². The van der Waals surface area contributed by atoms with Gasteiger partial charge in [0, 0.05) is 17.2 Å². The number of benzene rings is 1.